The van der Waals surface area contributed by atoms with Gasteiger partial charge in [-0.25, -0.2) is 0 Å². The quantitative estimate of drug-likeness (QED) is 0.784. The molecule has 5 heteroatoms. The lowest BCUT2D eigenvalue weighted by atomic mass is 10.2. The van der Waals surface area contributed by atoms with Gasteiger partial charge in [0, 0.05) is 5.56 Å². The molecule has 0 bridgehead atoms. The molecular weight excluding hydrogens is 240 g/mol. The molecule has 2 rings (SSSR count). The second-order valence-corrected chi connectivity index (χ2v) is 4.09. The van der Waals surface area contributed by atoms with Gasteiger partial charge >= 0.3 is 0 Å². The minimum atomic E-state index is 0.159. The van der Waals surface area contributed by atoms with Crippen molar-refractivity contribution in [2.24, 2.45) is 0 Å². The van der Waals surface area contributed by atoms with Crippen LogP contribution in [0, 0.1) is 0 Å². The highest BCUT2D eigenvalue weighted by Gasteiger charge is 2.07. The van der Waals surface area contributed by atoms with E-state index in [4.69, 9.17) is 20.8 Å². The molecule has 0 fully saturated rings. The average Bonchev–Trinajstić information content (AvgIpc) is 2.78. The second-order valence-electron chi connectivity index (χ2n) is 3.83. The highest BCUT2D eigenvalue weighted by molar-refractivity contribution is 6.16. The van der Waals surface area contributed by atoms with Gasteiger partial charge in [0.25, 0.3) is 0 Å². The van der Waals surface area contributed by atoms with Crippen LogP contribution in [-0.2, 0) is 5.88 Å². The molecule has 2 aromatic rings. The molecule has 0 aliphatic heterocycles. The predicted molar refractivity (Wildman–Crippen MR) is 65.1 cm³/mol. The van der Waals surface area contributed by atoms with Crippen LogP contribution in [0.3, 0.4) is 0 Å². The third kappa shape index (κ3) is 2.97. The monoisotopic (exact) mass is 252 g/mol. The molecule has 0 radical (unpaired) electrons. The van der Waals surface area contributed by atoms with Crippen molar-refractivity contribution in [2.45, 2.75) is 25.8 Å². The van der Waals surface area contributed by atoms with Crippen molar-refractivity contribution in [1.29, 1.82) is 0 Å². The van der Waals surface area contributed by atoms with Gasteiger partial charge in [-0.1, -0.05) is 0 Å². The number of ether oxygens (including phenoxy) is 1. The van der Waals surface area contributed by atoms with Crippen molar-refractivity contribution < 1.29 is 9.15 Å². The van der Waals surface area contributed by atoms with Gasteiger partial charge in [-0.3, -0.25) is 0 Å². The number of benzene rings is 1. The van der Waals surface area contributed by atoms with Crippen LogP contribution >= 0.6 is 11.6 Å². The molecule has 1 aromatic heterocycles. The molecule has 4 nitrogen and oxygen atoms in total. The lowest BCUT2D eigenvalue weighted by Crippen LogP contribution is -2.05. The number of hydrogen-bond donors (Lipinski definition) is 0. The van der Waals surface area contributed by atoms with E-state index in [2.05, 4.69) is 10.2 Å². The molecule has 1 aromatic carbocycles. The predicted octanol–water partition coefficient (Wildman–Crippen LogP) is 3.26. The first kappa shape index (κ1) is 11.9. The summed E-state index contributed by atoms with van der Waals surface area (Å²) < 4.78 is 10.9. The lowest BCUT2D eigenvalue weighted by Gasteiger charge is -2.09. The minimum Gasteiger partial charge on any atom is -0.491 e. The van der Waals surface area contributed by atoms with Crippen molar-refractivity contribution in [3.8, 4) is 17.2 Å². The van der Waals surface area contributed by atoms with E-state index in [0.29, 0.717) is 11.8 Å². The van der Waals surface area contributed by atoms with Crippen molar-refractivity contribution in [3.05, 3.63) is 30.2 Å². The summed E-state index contributed by atoms with van der Waals surface area (Å²) in [6, 6.07) is 7.51. The van der Waals surface area contributed by atoms with Gasteiger partial charge < -0.3 is 9.15 Å². The molecule has 0 saturated heterocycles. The van der Waals surface area contributed by atoms with Crippen LogP contribution in [-0.4, -0.2) is 16.3 Å². The first-order valence-electron chi connectivity index (χ1n) is 5.34. The fourth-order valence-corrected chi connectivity index (χ4v) is 1.48. The Kier molecular flexibility index (Phi) is 3.64. The zero-order valence-electron chi connectivity index (χ0n) is 9.68. The zero-order valence-corrected chi connectivity index (χ0v) is 10.4. The maximum absolute atomic E-state index is 5.59. The largest absolute Gasteiger partial charge is 0.491 e. The standard InChI is InChI=1S/C12H13ClN2O2/c1-8(2)16-10-5-3-9(4-6-10)12-15-14-11(7-13)17-12/h3-6,8H,7H2,1-2H3. The Morgan fingerprint density at radius 2 is 1.94 bits per heavy atom. The van der Waals surface area contributed by atoms with Crippen LogP contribution in [0.15, 0.2) is 28.7 Å². The first-order valence-corrected chi connectivity index (χ1v) is 5.88. The molecule has 0 aliphatic rings. The van der Waals surface area contributed by atoms with Crippen molar-refractivity contribution >= 4 is 11.6 Å². The van der Waals surface area contributed by atoms with Crippen molar-refractivity contribution in [3.63, 3.8) is 0 Å². The fraction of sp³-hybridized carbons (Fsp3) is 0.333. The van der Waals surface area contributed by atoms with Crippen LogP contribution in [0.4, 0.5) is 0 Å². The van der Waals surface area contributed by atoms with Crippen LogP contribution in [0.5, 0.6) is 5.75 Å². The van der Waals surface area contributed by atoms with Crippen LogP contribution in [0.2, 0.25) is 0 Å². The number of alkyl halides is 1. The van der Waals surface area contributed by atoms with Crippen LogP contribution < -0.4 is 4.74 Å². The van der Waals surface area contributed by atoms with E-state index in [-0.39, 0.29) is 12.0 Å². The van der Waals surface area contributed by atoms with Crippen molar-refractivity contribution in [2.75, 3.05) is 0 Å². The van der Waals surface area contributed by atoms with E-state index in [1.54, 1.807) is 0 Å². The summed E-state index contributed by atoms with van der Waals surface area (Å²) in [6.07, 6.45) is 0.159. The molecule has 0 saturated carbocycles. The van der Waals surface area contributed by atoms with E-state index >= 15 is 0 Å². The number of rotatable bonds is 4. The van der Waals surface area contributed by atoms with Crippen LogP contribution in [0.25, 0.3) is 11.5 Å². The molecule has 0 unspecified atom stereocenters. The Morgan fingerprint density at radius 3 is 2.47 bits per heavy atom. The number of halogens is 1. The number of aromatic nitrogens is 2. The van der Waals surface area contributed by atoms with Gasteiger partial charge in [0.1, 0.15) is 11.6 Å². The van der Waals surface area contributed by atoms with E-state index in [9.17, 15) is 0 Å². The summed E-state index contributed by atoms with van der Waals surface area (Å²) in [7, 11) is 0. The maximum Gasteiger partial charge on any atom is 0.247 e. The maximum atomic E-state index is 5.59. The van der Waals surface area contributed by atoms with E-state index in [0.717, 1.165) is 11.3 Å². The summed E-state index contributed by atoms with van der Waals surface area (Å²) in [4.78, 5) is 0. The van der Waals surface area contributed by atoms with E-state index in [1.807, 2.05) is 38.1 Å². The Hall–Kier alpha value is -1.55. The van der Waals surface area contributed by atoms with Gasteiger partial charge in [0.2, 0.25) is 11.8 Å². The topological polar surface area (TPSA) is 48.2 Å². The third-order valence-electron chi connectivity index (χ3n) is 2.05. The molecule has 0 N–H and O–H groups in total. The molecule has 90 valence electrons. The SMILES string of the molecule is CC(C)Oc1ccc(-c2nnc(CCl)o2)cc1. The molecule has 1 heterocycles. The Balaban J connectivity index is 2.17. The molecule has 0 atom stereocenters. The normalized spacial score (nSPS) is 10.8. The summed E-state index contributed by atoms with van der Waals surface area (Å²) in [5.74, 6) is 1.93. The fourth-order valence-electron chi connectivity index (χ4n) is 1.37. The number of nitrogens with zero attached hydrogens (tertiary/aromatic N) is 2. The Labute approximate surface area is 105 Å². The van der Waals surface area contributed by atoms with E-state index < -0.39 is 0 Å². The molecule has 0 spiro atoms. The van der Waals surface area contributed by atoms with Gasteiger partial charge in [0.05, 0.1) is 6.10 Å². The number of hydrogen-bond acceptors (Lipinski definition) is 4. The molecule has 0 aliphatic carbocycles. The smallest absolute Gasteiger partial charge is 0.247 e. The second kappa shape index (κ2) is 5.19. The summed E-state index contributed by atoms with van der Waals surface area (Å²) >= 11 is 5.59. The minimum absolute atomic E-state index is 0.159. The average molecular weight is 253 g/mol. The third-order valence-corrected chi connectivity index (χ3v) is 2.28. The highest BCUT2D eigenvalue weighted by Crippen LogP contribution is 2.22. The molecule has 17 heavy (non-hydrogen) atoms. The summed E-state index contributed by atoms with van der Waals surface area (Å²) in [6.45, 7) is 3.97. The molecule has 0 amide bonds. The first-order chi connectivity index (χ1) is 8.19. The van der Waals surface area contributed by atoms with Gasteiger partial charge in [0.15, 0.2) is 0 Å². The highest BCUT2D eigenvalue weighted by atomic mass is 35.5. The zero-order chi connectivity index (χ0) is 12.3. The Bertz CT molecular complexity index is 480. The lowest BCUT2D eigenvalue weighted by molar-refractivity contribution is 0.242. The molecular formula is C12H13ClN2O2. The van der Waals surface area contributed by atoms with Gasteiger partial charge in [-0.2, -0.15) is 0 Å². The van der Waals surface area contributed by atoms with Gasteiger partial charge in [-0.05, 0) is 38.1 Å². The Morgan fingerprint density at radius 1 is 1.24 bits per heavy atom. The summed E-state index contributed by atoms with van der Waals surface area (Å²) in [5, 5.41) is 7.71. The van der Waals surface area contributed by atoms with Crippen molar-refractivity contribution in [1.82, 2.24) is 10.2 Å². The van der Waals surface area contributed by atoms with E-state index in [1.165, 1.54) is 0 Å². The van der Waals surface area contributed by atoms with Gasteiger partial charge in [-0.15, -0.1) is 21.8 Å². The van der Waals surface area contributed by atoms with Crippen LogP contribution in [0.1, 0.15) is 19.7 Å². The summed E-state index contributed by atoms with van der Waals surface area (Å²) in [5.41, 5.74) is 0.852.